The lowest BCUT2D eigenvalue weighted by molar-refractivity contribution is -0.137. The molecule has 0 aliphatic heterocycles. The maximum atomic E-state index is 12.1. The van der Waals surface area contributed by atoms with Crippen molar-refractivity contribution in [1.29, 1.82) is 0 Å². The first kappa shape index (κ1) is 16.5. The van der Waals surface area contributed by atoms with Gasteiger partial charge in [-0.15, -0.1) is 11.3 Å². The lowest BCUT2D eigenvalue weighted by Crippen LogP contribution is -2.44. The maximum absolute atomic E-state index is 12.1. The fourth-order valence-corrected chi connectivity index (χ4v) is 2.68. The van der Waals surface area contributed by atoms with Gasteiger partial charge in [-0.25, -0.2) is 4.79 Å². The van der Waals surface area contributed by atoms with Crippen molar-refractivity contribution in [3.63, 3.8) is 0 Å². The normalized spacial score (nSPS) is 10.6. The number of thiophene rings is 1. The number of hydrogen-bond acceptors (Lipinski definition) is 3. The molecule has 1 rings (SSSR count). The van der Waals surface area contributed by atoms with Crippen molar-refractivity contribution in [1.82, 2.24) is 10.2 Å². The van der Waals surface area contributed by atoms with E-state index in [-0.39, 0.29) is 25.0 Å². The number of carbonyl (C=O) groups is 2. The van der Waals surface area contributed by atoms with E-state index < -0.39 is 5.97 Å². The number of aryl methyl sites for hydroxylation is 1. The fourth-order valence-electron chi connectivity index (χ4n) is 1.78. The second kappa shape index (κ2) is 7.89. The summed E-state index contributed by atoms with van der Waals surface area (Å²) in [6.45, 7) is 6.56. The number of rotatable bonds is 7. The molecular weight excluding hydrogens is 276 g/mol. The molecule has 20 heavy (non-hydrogen) atoms. The smallest absolute Gasteiger partial charge is 0.317 e. The standard InChI is InChI=1S/C14H22N2O3S/c1-4-11-5-6-12(20-11)9-15-14(19)16(10(2)3)8-7-13(17)18/h5-6,10H,4,7-9H2,1-3H3,(H,15,19)(H,17,18). The topological polar surface area (TPSA) is 69.6 Å². The molecule has 0 saturated carbocycles. The van der Waals surface area contributed by atoms with Crippen LogP contribution in [0.25, 0.3) is 0 Å². The Hall–Kier alpha value is -1.56. The molecule has 0 radical (unpaired) electrons. The van der Waals surface area contributed by atoms with Crippen LogP contribution in [0.4, 0.5) is 4.79 Å². The van der Waals surface area contributed by atoms with Crippen LogP contribution in [-0.4, -0.2) is 34.6 Å². The van der Waals surface area contributed by atoms with Crippen LogP contribution < -0.4 is 5.32 Å². The third-order valence-corrected chi connectivity index (χ3v) is 4.16. The van der Waals surface area contributed by atoms with E-state index in [1.165, 1.54) is 4.88 Å². The summed E-state index contributed by atoms with van der Waals surface area (Å²) in [6.07, 6.45) is 0.958. The highest BCUT2D eigenvalue weighted by molar-refractivity contribution is 7.11. The van der Waals surface area contributed by atoms with Gasteiger partial charge in [-0.05, 0) is 32.4 Å². The Balaban J connectivity index is 2.50. The predicted octanol–water partition coefficient (Wildman–Crippen LogP) is 2.71. The van der Waals surface area contributed by atoms with E-state index in [4.69, 9.17) is 5.11 Å². The summed E-state index contributed by atoms with van der Waals surface area (Å²) >= 11 is 1.69. The largest absolute Gasteiger partial charge is 0.481 e. The quantitative estimate of drug-likeness (QED) is 0.813. The Morgan fingerprint density at radius 1 is 1.35 bits per heavy atom. The minimum Gasteiger partial charge on any atom is -0.481 e. The number of carboxylic acids is 1. The highest BCUT2D eigenvalue weighted by Gasteiger charge is 2.17. The molecule has 2 N–H and O–H groups in total. The van der Waals surface area contributed by atoms with Gasteiger partial charge in [0.25, 0.3) is 0 Å². The van der Waals surface area contributed by atoms with Crippen LogP contribution in [0.1, 0.15) is 36.9 Å². The van der Waals surface area contributed by atoms with Gasteiger partial charge in [0.05, 0.1) is 13.0 Å². The maximum Gasteiger partial charge on any atom is 0.317 e. The van der Waals surface area contributed by atoms with Crippen molar-refractivity contribution in [2.45, 2.75) is 46.2 Å². The van der Waals surface area contributed by atoms with Gasteiger partial charge in [0, 0.05) is 22.3 Å². The van der Waals surface area contributed by atoms with Crippen LogP contribution in [0, 0.1) is 0 Å². The number of aliphatic carboxylic acids is 1. The molecule has 0 aliphatic rings. The molecule has 0 aliphatic carbocycles. The van der Waals surface area contributed by atoms with Gasteiger partial charge < -0.3 is 15.3 Å². The number of urea groups is 1. The van der Waals surface area contributed by atoms with E-state index in [1.807, 2.05) is 19.9 Å². The number of carboxylic acid groups (broad SMARTS) is 1. The molecule has 2 amide bonds. The molecule has 0 aromatic carbocycles. The van der Waals surface area contributed by atoms with Crippen molar-refractivity contribution in [2.24, 2.45) is 0 Å². The van der Waals surface area contributed by atoms with Crippen LogP contribution in [0.3, 0.4) is 0 Å². The van der Waals surface area contributed by atoms with Crippen molar-refractivity contribution >= 4 is 23.3 Å². The first-order valence-corrected chi connectivity index (χ1v) is 7.59. The average molecular weight is 298 g/mol. The van der Waals surface area contributed by atoms with E-state index in [2.05, 4.69) is 18.3 Å². The zero-order valence-electron chi connectivity index (χ0n) is 12.2. The van der Waals surface area contributed by atoms with Crippen molar-refractivity contribution in [3.05, 3.63) is 21.9 Å². The van der Waals surface area contributed by atoms with Gasteiger partial charge in [-0.2, -0.15) is 0 Å². The summed E-state index contributed by atoms with van der Waals surface area (Å²) < 4.78 is 0. The van der Waals surface area contributed by atoms with E-state index in [9.17, 15) is 9.59 Å². The zero-order valence-corrected chi connectivity index (χ0v) is 13.0. The summed E-state index contributed by atoms with van der Waals surface area (Å²) in [4.78, 5) is 26.6. The van der Waals surface area contributed by atoms with Gasteiger partial charge in [-0.1, -0.05) is 6.92 Å². The minimum absolute atomic E-state index is 0.0242. The third-order valence-electron chi connectivity index (χ3n) is 2.93. The number of amides is 2. The molecule has 0 saturated heterocycles. The Morgan fingerprint density at radius 3 is 2.50 bits per heavy atom. The monoisotopic (exact) mass is 298 g/mol. The number of nitrogens with one attached hydrogen (secondary N) is 1. The van der Waals surface area contributed by atoms with Crippen LogP contribution in [0.15, 0.2) is 12.1 Å². The first-order chi connectivity index (χ1) is 9.43. The molecule has 0 atom stereocenters. The van der Waals surface area contributed by atoms with Crippen molar-refractivity contribution in [2.75, 3.05) is 6.54 Å². The summed E-state index contributed by atoms with van der Waals surface area (Å²) in [5.74, 6) is -0.894. The molecule has 1 aromatic rings. The van der Waals surface area contributed by atoms with Crippen molar-refractivity contribution < 1.29 is 14.7 Å². The lowest BCUT2D eigenvalue weighted by atomic mass is 10.3. The van der Waals surface area contributed by atoms with Crippen molar-refractivity contribution in [3.8, 4) is 0 Å². The SMILES string of the molecule is CCc1ccc(CNC(=O)N(CCC(=O)O)C(C)C)s1. The molecule has 0 unspecified atom stereocenters. The van der Waals surface area contributed by atoms with E-state index in [1.54, 1.807) is 16.2 Å². The molecular formula is C14H22N2O3S. The van der Waals surface area contributed by atoms with Crippen LogP contribution in [0.2, 0.25) is 0 Å². The summed E-state index contributed by atoms with van der Waals surface area (Å²) in [6, 6.07) is 3.84. The van der Waals surface area contributed by atoms with Crippen LogP contribution in [-0.2, 0) is 17.8 Å². The second-order valence-electron chi connectivity index (χ2n) is 4.81. The third kappa shape index (κ3) is 5.21. The van der Waals surface area contributed by atoms with Gasteiger partial charge in [0.1, 0.15) is 0 Å². The van der Waals surface area contributed by atoms with Gasteiger partial charge in [-0.3, -0.25) is 4.79 Å². The number of carbonyl (C=O) groups excluding carboxylic acids is 1. The minimum atomic E-state index is -0.894. The zero-order chi connectivity index (χ0) is 15.1. The summed E-state index contributed by atoms with van der Waals surface area (Å²) in [7, 11) is 0. The first-order valence-electron chi connectivity index (χ1n) is 6.77. The Bertz CT molecular complexity index is 457. The predicted molar refractivity (Wildman–Crippen MR) is 80.0 cm³/mol. The molecule has 112 valence electrons. The Kier molecular flexibility index (Phi) is 6.51. The van der Waals surface area contributed by atoms with Gasteiger partial charge in [0.15, 0.2) is 0 Å². The van der Waals surface area contributed by atoms with E-state index in [0.29, 0.717) is 6.54 Å². The average Bonchev–Trinajstić information content (AvgIpc) is 2.83. The fraction of sp³-hybridized carbons (Fsp3) is 0.571. The Morgan fingerprint density at radius 2 is 2.00 bits per heavy atom. The van der Waals surface area contributed by atoms with Gasteiger partial charge >= 0.3 is 12.0 Å². The van der Waals surface area contributed by atoms with Gasteiger partial charge in [0.2, 0.25) is 0 Å². The molecule has 5 nitrogen and oxygen atoms in total. The van der Waals surface area contributed by atoms with E-state index in [0.717, 1.165) is 11.3 Å². The molecule has 1 heterocycles. The summed E-state index contributed by atoms with van der Waals surface area (Å²) in [5, 5.41) is 11.6. The highest BCUT2D eigenvalue weighted by Crippen LogP contribution is 2.16. The second-order valence-corrected chi connectivity index (χ2v) is 6.06. The highest BCUT2D eigenvalue weighted by atomic mass is 32.1. The lowest BCUT2D eigenvalue weighted by Gasteiger charge is -2.26. The molecule has 6 heteroatoms. The molecule has 0 fully saturated rings. The summed E-state index contributed by atoms with van der Waals surface area (Å²) in [5.41, 5.74) is 0. The molecule has 1 aromatic heterocycles. The number of hydrogen-bond donors (Lipinski definition) is 2. The van der Waals surface area contributed by atoms with Crippen LogP contribution in [0.5, 0.6) is 0 Å². The molecule has 0 bridgehead atoms. The van der Waals surface area contributed by atoms with Crippen LogP contribution >= 0.6 is 11.3 Å². The molecule has 0 spiro atoms. The number of nitrogens with zero attached hydrogens (tertiary/aromatic N) is 1. The van der Waals surface area contributed by atoms with E-state index >= 15 is 0 Å². The Labute approximate surface area is 123 Å².